The number of nitrogens with zero attached hydrogens (tertiary/aromatic N) is 1. The Bertz CT molecular complexity index is 589. The highest BCUT2D eigenvalue weighted by atomic mass is 32.1. The normalized spacial score (nSPS) is 15.2. The average Bonchev–Trinajstić information content (AvgIpc) is 3.18. The second-order valence-corrected chi connectivity index (χ2v) is 6.57. The van der Waals surface area contributed by atoms with Crippen LogP contribution in [0.3, 0.4) is 0 Å². The fourth-order valence-corrected chi connectivity index (χ4v) is 3.72. The third kappa shape index (κ3) is 3.70. The summed E-state index contributed by atoms with van der Waals surface area (Å²) in [6, 6.07) is 8.06. The van der Waals surface area contributed by atoms with Gasteiger partial charge in [-0.15, -0.1) is 11.3 Å². The van der Waals surface area contributed by atoms with Gasteiger partial charge < -0.3 is 5.32 Å². The molecule has 3 rings (SSSR count). The SMILES string of the molecule is O=C(CC1CCCC1)NCc1cccnc1-c1cccs1. The van der Waals surface area contributed by atoms with Crippen molar-refractivity contribution in [2.45, 2.75) is 38.6 Å². The Morgan fingerprint density at radius 3 is 2.90 bits per heavy atom. The van der Waals surface area contributed by atoms with Crippen LogP contribution >= 0.6 is 11.3 Å². The van der Waals surface area contributed by atoms with Gasteiger partial charge in [0, 0.05) is 19.2 Å². The van der Waals surface area contributed by atoms with Crippen LogP contribution in [-0.2, 0) is 11.3 Å². The Morgan fingerprint density at radius 1 is 1.29 bits per heavy atom. The maximum Gasteiger partial charge on any atom is 0.220 e. The van der Waals surface area contributed by atoms with Gasteiger partial charge in [-0.25, -0.2) is 0 Å². The molecule has 0 spiro atoms. The van der Waals surface area contributed by atoms with Gasteiger partial charge in [-0.2, -0.15) is 0 Å². The highest BCUT2D eigenvalue weighted by molar-refractivity contribution is 7.13. The Kier molecular flexibility index (Phi) is 4.65. The van der Waals surface area contributed by atoms with E-state index in [9.17, 15) is 4.79 Å². The first-order valence-electron chi connectivity index (χ1n) is 7.57. The predicted octanol–water partition coefficient (Wildman–Crippen LogP) is 4.01. The molecule has 1 fully saturated rings. The molecule has 1 N–H and O–H groups in total. The van der Waals surface area contributed by atoms with Gasteiger partial charge in [-0.05, 0) is 41.8 Å². The van der Waals surface area contributed by atoms with Crippen molar-refractivity contribution in [2.75, 3.05) is 0 Å². The molecule has 0 atom stereocenters. The van der Waals surface area contributed by atoms with Gasteiger partial charge in [-0.3, -0.25) is 9.78 Å². The van der Waals surface area contributed by atoms with E-state index in [1.54, 1.807) is 17.5 Å². The van der Waals surface area contributed by atoms with Crippen molar-refractivity contribution in [2.24, 2.45) is 5.92 Å². The van der Waals surface area contributed by atoms with Crippen LogP contribution < -0.4 is 5.32 Å². The van der Waals surface area contributed by atoms with Crippen LogP contribution in [0.15, 0.2) is 35.8 Å². The van der Waals surface area contributed by atoms with E-state index in [0.717, 1.165) is 16.1 Å². The molecule has 1 aliphatic carbocycles. The largest absolute Gasteiger partial charge is 0.352 e. The van der Waals surface area contributed by atoms with Crippen molar-refractivity contribution < 1.29 is 4.79 Å². The minimum Gasteiger partial charge on any atom is -0.352 e. The molecule has 1 amide bonds. The zero-order valence-corrected chi connectivity index (χ0v) is 12.9. The molecule has 0 saturated heterocycles. The third-order valence-corrected chi connectivity index (χ3v) is 4.95. The first-order valence-corrected chi connectivity index (χ1v) is 8.45. The molecular weight excluding hydrogens is 280 g/mol. The molecule has 1 saturated carbocycles. The molecular formula is C17H20N2OS. The van der Waals surface area contributed by atoms with E-state index < -0.39 is 0 Å². The number of aromatic nitrogens is 1. The topological polar surface area (TPSA) is 42.0 Å². The first-order chi connectivity index (χ1) is 10.3. The second kappa shape index (κ2) is 6.85. The molecule has 0 bridgehead atoms. The van der Waals surface area contributed by atoms with Gasteiger partial charge in [0.2, 0.25) is 5.91 Å². The summed E-state index contributed by atoms with van der Waals surface area (Å²) in [5.74, 6) is 0.763. The molecule has 2 aromatic rings. The number of carbonyl (C=O) groups excluding carboxylic acids is 1. The van der Waals surface area contributed by atoms with Gasteiger partial charge in [0.05, 0.1) is 10.6 Å². The number of nitrogens with one attached hydrogen (secondary N) is 1. The van der Waals surface area contributed by atoms with E-state index in [0.29, 0.717) is 18.9 Å². The number of rotatable bonds is 5. The van der Waals surface area contributed by atoms with Crippen LogP contribution in [-0.4, -0.2) is 10.9 Å². The summed E-state index contributed by atoms with van der Waals surface area (Å²) in [7, 11) is 0. The van der Waals surface area contributed by atoms with Crippen LogP contribution in [0.5, 0.6) is 0 Å². The predicted molar refractivity (Wildman–Crippen MR) is 86.0 cm³/mol. The zero-order chi connectivity index (χ0) is 14.5. The molecule has 2 heterocycles. The van der Waals surface area contributed by atoms with Crippen molar-refractivity contribution in [3.63, 3.8) is 0 Å². The molecule has 1 aliphatic rings. The van der Waals surface area contributed by atoms with Crippen LogP contribution in [0.25, 0.3) is 10.6 Å². The van der Waals surface area contributed by atoms with Gasteiger partial charge in [0.1, 0.15) is 0 Å². The maximum atomic E-state index is 12.0. The fourth-order valence-electron chi connectivity index (χ4n) is 2.96. The Hall–Kier alpha value is -1.68. The minimum atomic E-state index is 0.169. The quantitative estimate of drug-likeness (QED) is 0.906. The van der Waals surface area contributed by atoms with E-state index >= 15 is 0 Å². The molecule has 4 heteroatoms. The van der Waals surface area contributed by atoms with Gasteiger partial charge in [0.25, 0.3) is 0 Å². The Labute approximate surface area is 129 Å². The molecule has 0 aromatic carbocycles. The monoisotopic (exact) mass is 300 g/mol. The van der Waals surface area contributed by atoms with Gasteiger partial charge in [-0.1, -0.05) is 25.0 Å². The van der Waals surface area contributed by atoms with Crippen molar-refractivity contribution in [3.8, 4) is 10.6 Å². The number of carbonyl (C=O) groups is 1. The van der Waals surface area contributed by atoms with Gasteiger partial charge >= 0.3 is 0 Å². The third-order valence-electron chi connectivity index (χ3n) is 4.07. The van der Waals surface area contributed by atoms with Crippen molar-refractivity contribution >= 4 is 17.2 Å². The summed E-state index contributed by atoms with van der Waals surface area (Å²) < 4.78 is 0. The summed E-state index contributed by atoms with van der Waals surface area (Å²) in [4.78, 5) is 17.7. The molecule has 3 nitrogen and oxygen atoms in total. The van der Waals surface area contributed by atoms with E-state index in [1.165, 1.54) is 25.7 Å². The van der Waals surface area contributed by atoms with E-state index in [4.69, 9.17) is 0 Å². The lowest BCUT2D eigenvalue weighted by atomic mass is 10.0. The van der Waals surface area contributed by atoms with Crippen molar-refractivity contribution in [3.05, 3.63) is 41.4 Å². The molecule has 0 radical (unpaired) electrons. The number of amides is 1. The molecule has 0 unspecified atom stereocenters. The lowest BCUT2D eigenvalue weighted by molar-refractivity contribution is -0.122. The highest BCUT2D eigenvalue weighted by Gasteiger charge is 2.18. The summed E-state index contributed by atoms with van der Waals surface area (Å²) in [6.07, 6.45) is 7.46. The second-order valence-electron chi connectivity index (χ2n) is 5.62. The van der Waals surface area contributed by atoms with E-state index in [-0.39, 0.29) is 5.91 Å². The summed E-state index contributed by atoms with van der Waals surface area (Å²) in [6.45, 7) is 0.562. The van der Waals surface area contributed by atoms with Crippen LogP contribution in [0, 0.1) is 5.92 Å². The maximum absolute atomic E-state index is 12.0. The van der Waals surface area contributed by atoms with E-state index in [2.05, 4.69) is 16.4 Å². The summed E-state index contributed by atoms with van der Waals surface area (Å²) in [5.41, 5.74) is 2.06. The van der Waals surface area contributed by atoms with Crippen LogP contribution in [0.4, 0.5) is 0 Å². The average molecular weight is 300 g/mol. The lowest BCUT2D eigenvalue weighted by Crippen LogP contribution is -2.24. The standard InChI is InChI=1S/C17H20N2OS/c20-16(11-13-5-1-2-6-13)19-12-14-7-3-9-18-17(14)15-8-4-10-21-15/h3-4,7-10,13H,1-2,5-6,11-12H2,(H,19,20). The Morgan fingerprint density at radius 2 is 2.14 bits per heavy atom. The first kappa shape index (κ1) is 14.3. The highest BCUT2D eigenvalue weighted by Crippen LogP contribution is 2.28. The van der Waals surface area contributed by atoms with Crippen LogP contribution in [0.2, 0.25) is 0 Å². The molecule has 0 aliphatic heterocycles. The molecule has 110 valence electrons. The fraction of sp³-hybridized carbons (Fsp3) is 0.412. The smallest absolute Gasteiger partial charge is 0.220 e. The number of hydrogen-bond donors (Lipinski definition) is 1. The summed E-state index contributed by atoms with van der Waals surface area (Å²) >= 11 is 1.68. The number of pyridine rings is 1. The number of hydrogen-bond acceptors (Lipinski definition) is 3. The lowest BCUT2D eigenvalue weighted by Gasteiger charge is -2.11. The number of thiophene rings is 1. The van der Waals surface area contributed by atoms with Gasteiger partial charge in [0.15, 0.2) is 0 Å². The van der Waals surface area contributed by atoms with Crippen molar-refractivity contribution in [1.82, 2.24) is 10.3 Å². The summed E-state index contributed by atoms with van der Waals surface area (Å²) in [5, 5.41) is 5.10. The van der Waals surface area contributed by atoms with E-state index in [1.807, 2.05) is 23.6 Å². The molecule has 2 aromatic heterocycles. The zero-order valence-electron chi connectivity index (χ0n) is 12.0. The van der Waals surface area contributed by atoms with Crippen molar-refractivity contribution in [1.29, 1.82) is 0 Å². The molecule has 21 heavy (non-hydrogen) atoms. The Balaban J connectivity index is 1.61. The van der Waals surface area contributed by atoms with Crippen LogP contribution in [0.1, 0.15) is 37.7 Å². The minimum absolute atomic E-state index is 0.169.